The van der Waals surface area contributed by atoms with Crippen LogP contribution in [0.5, 0.6) is 0 Å². The zero-order chi connectivity index (χ0) is 9.80. The Balaban J connectivity index is 2.10. The zero-order valence-electron chi connectivity index (χ0n) is 7.81. The largest absolute Gasteiger partial charge is 0.144 e. The van der Waals surface area contributed by atoms with Gasteiger partial charge < -0.3 is 0 Å². The fourth-order valence-corrected chi connectivity index (χ4v) is 2.05. The molecular formula is C13H11S. The summed E-state index contributed by atoms with van der Waals surface area (Å²) in [5.74, 6) is 0. The van der Waals surface area contributed by atoms with E-state index in [1.54, 1.807) is 11.3 Å². The molecule has 0 nitrogen and oxygen atoms in total. The van der Waals surface area contributed by atoms with Gasteiger partial charge >= 0.3 is 0 Å². The van der Waals surface area contributed by atoms with Gasteiger partial charge in [0.25, 0.3) is 0 Å². The predicted molar refractivity (Wildman–Crippen MR) is 62.2 cm³/mol. The molecule has 0 fully saturated rings. The van der Waals surface area contributed by atoms with Crippen LogP contribution in [-0.2, 0) is 6.42 Å². The van der Waals surface area contributed by atoms with Crippen LogP contribution in [0.25, 0.3) is 5.57 Å². The highest BCUT2D eigenvalue weighted by Gasteiger charge is 2.00. The van der Waals surface area contributed by atoms with E-state index in [-0.39, 0.29) is 0 Å². The highest BCUT2D eigenvalue weighted by atomic mass is 32.1. The second-order valence-corrected chi connectivity index (χ2v) is 4.11. The van der Waals surface area contributed by atoms with Crippen LogP contribution < -0.4 is 0 Å². The van der Waals surface area contributed by atoms with Gasteiger partial charge in [-0.1, -0.05) is 43.0 Å². The van der Waals surface area contributed by atoms with Crippen molar-refractivity contribution in [1.82, 2.24) is 0 Å². The quantitative estimate of drug-likeness (QED) is 0.705. The van der Waals surface area contributed by atoms with Crippen molar-refractivity contribution in [2.24, 2.45) is 0 Å². The number of rotatable bonds is 3. The van der Waals surface area contributed by atoms with Crippen LogP contribution in [0.4, 0.5) is 0 Å². The topological polar surface area (TPSA) is 0 Å². The summed E-state index contributed by atoms with van der Waals surface area (Å²) in [7, 11) is 0. The van der Waals surface area contributed by atoms with E-state index in [4.69, 9.17) is 6.58 Å². The van der Waals surface area contributed by atoms with Crippen molar-refractivity contribution < 1.29 is 0 Å². The van der Waals surface area contributed by atoms with Crippen LogP contribution in [0.1, 0.15) is 10.4 Å². The minimum atomic E-state index is 0.835. The van der Waals surface area contributed by atoms with Gasteiger partial charge in [0, 0.05) is 4.88 Å². The van der Waals surface area contributed by atoms with Crippen LogP contribution in [0.15, 0.2) is 47.8 Å². The SMILES string of the molecule is [CH]=C(Cc1ccccc1)c1cccs1. The second kappa shape index (κ2) is 4.25. The molecule has 0 spiro atoms. The Morgan fingerprint density at radius 2 is 1.86 bits per heavy atom. The van der Waals surface area contributed by atoms with Crippen molar-refractivity contribution in [2.75, 3.05) is 0 Å². The lowest BCUT2D eigenvalue weighted by atomic mass is 10.1. The average molecular weight is 199 g/mol. The third-order valence-corrected chi connectivity index (χ3v) is 3.02. The standard InChI is InChI=1S/C13H11S/c1-11(13-8-5-9-14-13)10-12-6-3-2-4-7-12/h1-9H,10H2. The molecule has 14 heavy (non-hydrogen) atoms. The maximum absolute atomic E-state index is 6.00. The lowest BCUT2D eigenvalue weighted by molar-refractivity contribution is 1.30. The predicted octanol–water partition coefficient (Wildman–Crippen LogP) is 3.81. The highest BCUT2D eigenvalue weighted by molar-refractivity contribution is 7.11. The Labute approximate surface area is 88.5 Å². The van der Waals surface area contributed by atoms with Gasteiger partial charge in [-0.25, -0.2) is 0 Å². The van der Waals surface area contributed by atoms with Crippen molar-refractivity contribution in [3.05, 3.63) is 64.9 Å². The van der Waals surface area contributed by atoms with E-state index >= 15 is 0 Å². The van der Waals surface area contributed by atoms with Crippen molar-refractivity contribution in [1.29, 1.82) is 0 Å². The summed E-state index contributed by atoms with van der Waals surface area (Å²) in [6.45, 7) is 6.00. The van der Waals surface area contributed by atoms with E-state index in [1.165, 1.54) is 10.4 Å². The Morgan fingerprint density at radius 3 is 2.50 bits per heavy atom. The molecule has 2 aromatic rings. The molecule has 0 aliphatic carbocycles. The smallest absolute Gasteiger partial charge is 0.0305 e. The highest BCUT2D eigenvalue weighted by Crippen LogP contribution is 2.21. The summed E-state index contributed by atoms with van der Waals surface area (Å²) < 4.78 is 0. The third kappa shape index (κ3) is 2.12. The summed E-state index contributed by atoms with van der Waals surface area (Å²) in [5, 5.41) is 2.05. The molecule has 69 valence electrons. The van der Waals surface area contributed by atoms with Gasteiger partial charge in [0.1, 0.15) is 0 Å². The van der Waals surface area contributed by atoms with Crippen LogP contribution in [0, 0.1) is 6.58 Å². The first-order chi connectivity index (χ1) is 6.86. The summed E-state index contributed by atoms with van der Waals surface area (Å²) in [6.07, 6.45) is 0.835. The van der Waals surface area contributed by atoms with E-state index in [0.717, 1.165) is 12.0 Å². The fraction of sp³-hybridized carbons (Fsp3) is 0.0769. The first kappa shape index (κ1) is 9.22. The van der Waals surface area contributed by atoms with Gasteiger partial charge in [-0.15, -0.1) is 11.3 Å². The van der Waals surface area contributed by atoms with Gasteiger partial charge in [-0.3, -0.25) is 0 Å². The molecule has 1 heteroatoms. The third-order valence-electron chi connectivity index (χ3n) is 2.08. The van der Waals surface area contributed by atoms with Crippen molar-refractivity contribution >= 4 is 16.9 Å². The molecule has 0 saturated carbocycles. The summed E-state index contributed by atoms with van der Waals surface area (Å²) in [5.41, 5.74) is 2.21. The van der Waals surface area contributed by atoms with Crippen molar-refractivity contribution in [3.8, 4) is 0 Å². The number of thiophene rings is 1. The van der Waals surface area contributed by atoms with E-state index in [1.807, 2.05) is 29.6 Å². The molecule has 0 amide bonds. The van der Waals surface area contributed by atoms with Crippen molar-refractivity contribution in [3.63, 3.8) is 0 Å². The Hall–Kier alpha value is -1.34. The monoisotopic (exact) mass is 199 g/mol. The van der Waals surface area contributed by atoms with E-state index in [0.29, 0.717) is 0 Å². The van der Waals surface area contributed by atoms with E-state index in [9.17, 15) is 0 Å². The van der Waals surface area contributed by atoms with Crippen LogP contribution >= 0.6 is 11.3 Å². The number of allylic oxidation sites excluding steroid dienone is 1. The van der Waals surface area contributed by atoms with Gasteiger partial charge in [0.15, 0.2) is 0 Å². The maximum atomic E-state index is 6.00. The van der Waals surface area contributed by atoms with Crippen LogP contribution in [0.2, 0.25) is 0 Å². The van der Waals surface area contributed by atoms with Gasteiger partial charge in [-0.2, -0.15) is 0 Å². The average Bonchev–Trinajstić information content (AvgIpc) is 2.72. The zero-order valence-corrected chi connectivity index (χ0v) is 8.63. The summed E-state index contributed by atoms with van der Waals surface area (Å²) in [6, 6.07) is 14.4. The minimum Gasteiger partial charge on any atom is -0.144 e. The molecule has 1 aromatic heterocycles. The number of hydrogen-bond donors (Lipinski definition) is 0. The molecule has 1 heterocycles. The van der Waals surface area contributed by atoms with Gasteiger partial charge in [-0.05, 0) is 29.0 Å². The summed E-state index contributed by atoms with van der Waals surface area (Å²) in [4.78, 5) is 1.17. The normalized spacial score (nSPS) is 10.0. The molecule has 2 rings (SSSR count). The second-order valence-electron chi connectivity index (χ2n) is 3.16. The molecule has 0 aliphatic heterocycles. The fourth-order valence-electron chi connectivity index (χ4n) is 1.36. The number of benzene rings is 1. The lowest BCUT2D eigenvalue weighted by Crippen LogP contribution is -1.85. The first-order valence-electron chi connectivity index (χ1n) is 4.55. The maximum Gasteiger partial charge on any atom is 0.0305 e. The Morgan fingerprint density at radius 1 is 1.07 bits per heavy atom. The van der Waals surface area contributed by atoms with Gasteiger partial charge in [0.05, 0.1) is 0 Å². The van der Waals surface area contributed by atoms with E-state index in [2.05, 4.69) is 18.2 Å². The lowest BCUT2D eigenvalue weighted by Gasteiger charge is -2.02. The molecule has 0 N–H and O–H groups in total. The molecule has 0 saturated heterocycles. The summed E-state index contributed by atoms with van der Waals surface area (Å²) >= 11 is 1.69. The van der Waals surface area contributed by atoms with Crippen LogP contribution in [-0.4, -0.2) is 0 Å². The Bertz CT molecular complexity index is 398. The molecule has 0 aliphatic rings. The molecule has 0 atom stereocenters. The number of hydrogen-bond acceptors (Lipinski definition) is 1. The molecule has 0 bridgehead atoms. The van der Waals surface area contributed by atoms with Crippen molar-refractivity contribution in [2.45, 2.75) is 6.42 Å². The van der Waals surface area contributed by atoms with E-state index < -0.39 is 0 Å². The molecule has 1 radical (unpaired) electrons. The first-order valence-corrected chi connectivity index (χ1v) is 5.43. The van der Waals surface area contributed by atoms with Gasteiger partial charge in [0.2, 0.25) is 0 Å². The minimum absolute atomic E-state index is 0.835. The molecular weight excluding hydrogens is 188 g/mol. The molecule has 0 unspecified atom stereocenters. The molecule has 1 aromatic carbocycles. The van der Waals surface area contributed by atoms with Crippen LogP contribution in [0.3, 0.4) is 0 Å². The Kier molecular flexibility index (Phi) is 2.80.